The Balaban J connectivity index is 2.03. The zero-order valence-electron chi connectivity index (χ0n) is 21.1. The first-order chi connectivity index (χ1) is 17.3. The molecule has 0 saturated heterocycles. The largest absolute Gasteiger partial charge is 0.444 e. The van der Waals surface area contributed by atoms with Gasteiger partial charge in [0.05, 0.1) is 4.75 Å². The van der Waals surface area contributed by atoms with E-state index in [0.717, 1.165) is 16.7 Å². The number of nitrogens with one attached hydrogen (secondary N) is 2. The van der Waals surface area contributed by atoms with Gasteiger partial charge < -0.3 is 21.1 Å². The molecule has 1 atom stereocenters. The van der Waals surface area contributed by atoms with Gasteiger partial charge in [-0.1, -0.05) is 91.0 Å². The number of carbonyl (C=O) groups is 2. The van der Waals surface area contributed by atoms with E-state index in [1.54, 1.807) is 32.5 Å². The monoisotopic (exact) mass is 505 g/mol. The molecule has 0 aliphatic heterocycles. The summed E-state index contributed by atoms with van der Waals surface area (Å²) in [4.78, 5) is 25.7. The van der Waals surface area contributed by atoms with Gasteiger partial charge in [-0.15, -0.1) is 11.8 Å². The standard InChI is InChI=1S/C29H35N3O3S/c1-28(2,3)35-27(34)32-25(26(33)31-20-19-30)21-36-29(22-13-7-4-8-14-22,23-15-9-5-10-16-23)24-17-11-6-12-18-24/h4-18,25H,19-21,30H2,1-3H3,(H,31,33)(H,32,34). The van der Waals surface area contributed by atoms with Crippen molar-refractivity contribution in [2.45, 2.75) is 37.2 Å². The van der Waals surface area contributed by atoms with Crippen molar-refractivity contribution in [3.05, 3.63) is 108 Å². The average molecular weight is 506 g/mol. The first-order valence-electron chi connectivity index (χ1n) is 12.0. The highest BCUT2D eigenvalue weighted by molar-refractivity contribution is 8.00. The quantitative estimate of drug-likeness (QED) is 0.348. The molecule has 0 radical (unpaired) electrons. The van der Waals surface area contributed by atoms with Crippen LogP contribution in [-0.4, -0.2) is 42.5 Å². The molecule has 4 N–H and O–H groups in total. The SMILES string of the molecule is CC(C)(C)OC(=O)NC(CSC(c1ccccc1)(c1ccccc1)c1ccccc1)C(=O)NCCN. The minimum absolute atomic E-state index is 0.300. The van der Waals surface area contributed by atoms with Crippen LogP contribution in [-0.2, 0) is 14.3 Å². The molecule has 6 nitrogen and oxygen atoms in total. The van der Waals surface area contributed by atoms with E-state index in [0.29, 0.717) is 18.8 Å². The lowest BCUT2D eigenvalue weighted by Crippen LogP contribution is -2.51. The summed E-state index contributed by atoms with van der Waals surface area (Å²) in [5.74, 6) is -0.00387. The molecule has 0 aromatic heterocycles. The second-order valence-electron chi connectivity index (χ2n) is 9.37. The number of amides is 2. The Hall–Kier alpha value is -3.29. The van der Waals surface area contributed by atoms with Gasteiger partial charge in [0.1, 0.15) is 11.6 Å². The Bertz CT molecular complexity index is 1010. The van der Waals surface area contributed by atoms with Crippen molar-refractivity contribution in [3.63, 3.8) is 0 Å². The number of hydrogen-bond donors (Lipinski definition) is 3. The molecule has 190 valence electrons. The van der Waals surface area contributed by atoms with Crippen molar-refractivity contribution in [2.75, 3.05) is 18.8 Å². The molecule has 2 amide bonds. The highest BCUT2D eigenvalue weighted by Crippen LogP contribution is 2.48. The van der Waals surface area contributed by atoms with Gasteiger partial charge in [0.2, 0.25) is 5.91 Å². The molecule has 0 spiro atoms. The van der Waals surface area contributed by atoms with E-state index < -0.39 is 22.5 Å². The van der Waals surface area contributed by atoms with Crippen LogP contribution in [0.4, 0.5) is 4.79 Å². The van der Waals surface area contributed by atoms with Crippen LogP contribution in [0.15, 0.2) is 91.0 Å². The number of hydrogen-bond acceptors (Lipinski definition) is 5. The molecule has 0 saturated carbocycles. The maximum atomic E-state index is 13.1. The molecular weight excluding hydrogens is 470 g/mol. The van der Waals surface area contributed by atoms with E-state index in [2.05, 4.69) is 47.0 Å². The molecule has 3 rings (SSSR count). The van der Waals surface area contributed by atoms with Crippen molar-refractivity contribution in [3.8, 4) is 0 Å². The second-order valence-corrected chi connectivity index (χ2v) is 10.6. The molecular formula is C29H35N3O3S. The molecule has 0 fully saturated rings. The van der Waals surface area contributed by atoms with Gasteiger partial charge in [0.25, 0.3) is 0 Å². The Morgan fingerprint density at radius 1 is 0.833 bits per heavy atom. The maximum Gasteiger partial charge on any atom is 0.408 e. The summed E-state index contributed by atoms with van der Waals surface area (Å²) in [6.45, 7) is 5.99. The lowest BCUT2D eigenvalue weighted by atomic mass is 9.84. The molecule has 3 aromatic carbocycles. The van der Waals surface area contributed by atoms with E-state index in [1.807, 2.05) is 54.6 Å². The number of alkyl carbamates (subject to hydrolysis) is 1. The lowest BCUT2D eigenvalue weighted by molar-refractivity contribution is -0.122. The number of ether oxygens (including phenoxy) is 1. The number of benzene rings is 3. The Kier molecular flexibility index (Phi) is 9.56. The summed E-state index contributed by atoms with van der Waals surface area (Å²) in [6.07, 6.45) is -0.638. The van der Waals surface area contributed by atoms with E-state index in [9.17, 15) is 9.59 Å². The first-order valence-corrected chi connectivity index (χ1v) is 13.0. The average Bonchev–Trinajstić information content (AvgIpc) is 2.87. The molecule has 1 unspecified atom stereocenters. The fourth-order valence-corrected chi connectivity index (χ4v) is 5.49. The van der Waals surface area contributed by atoms with E-state index >= 15 is 0 Å². The molecule has 0 bridgehead atoms. The van der Waals surface area contributed by atoms with Crippen LogP contribution in [0, 0.1) is 0 Å². The lowest BCUT2D eigenvalue weighted by Gasteiger charge is -2.36. The minimum Gasteiger partial charge on any atom is -0.444 e. The van der Waals surface area contributed by atoms with Crippen molar-refractivity contribution in [1.82, 2.24) is 10.6 Å². The van der Waals surface area contributed by atoms with Crippen molar-refractivity contribution in [2.24, 2.45) is 5.73 Å². The number of carbonyl (C=O) groups excluding carboxylic acids is 2. The summed E-state index contributed by atoms with van der Waals surface area (Å²) >= 11 is 1.60. The van der Waals surface area contributed by atoms with Crippen molar-refractivity contribution < 1.29 is 14.3 Å². The van der Waals surface area contributed by atoms with Gasteiger partial charge in [-0.2, -0.15) is 0 Å². The fraction of sp³-hybridized carbons (Fsp3) is 0.310. The van der Waals surface area contributed by atoms with Crippen molar-refractivity contribution in [1.29, 1.82) is 0 Å². The molecule has 0 heterocycles. The Morgan fingerprint density at radius 2 is 1.28 bits per heavy atom. The van der Waals surface area contributed by atoms with Crippen LogP contribution in [0.3, 0.4) is 0 Å². The highest BCUT2D eigenvalue weighted by atomic mass is 32.2. The second kappa shape index (κ2) is 12.6. The van der Waals surface area contributed by atoms with Crippen LogP contribution >= 0.6 is 11.8 Å². The minimum atomic E-state index is -0.827. The third-order valence-corrected chi connectivity index (χ3v) is 7.10. The molecule has 0 aliphatic rings. The van der Waals surface area contributed by atoms with Crippen LogP contribution in [0.5, 0.6) is 0 Å². The van der Waals surface area contributed by atoms with Gasteiger partial charge in [0.15, 0.2) is 0 Å². The summed E-state index contributed by atoms with van der Waals surface area (Å²) < 4.78 is 4.83. The molecule has 3 aromatic rings. The maximum absolute atomic E-state index is 13.1. The molecule has 7 heteroatoms. The van der Waals surface area contributed by atoms with Gasteiger partial charge in [-0.25, -0.2) is 4.79 Å². The number of nitrogens with two attached hydrogens (primary N) is 1. The number of thioether (sulfide) groups is 1. The first kappa shape index (κ1) is 27.3. The van der Waals surface area contributed by atoms with E-state index in [-0.39, 0.29) is 5.91 Å². The smallest absolute Gasteiger partial charge is 0.408 e. The summed E-state index contributed by atoms with van der Waals surface area (Å²) in [5, 5.41) is 5.58. The van der Waals surface area contributed by atoms with Crippen molar-refractivity contribution >= 4 is 23.8 Å². The predicted molar refractivity (Wildman–Crippen MR) is 147 cm³/mol. The summed E-state index contributed by atoms with van der Waals surface area (Å²) in [5.41, 5.74) is 8.14. The summed E-state index contributed by atoms with van der Waals surface area (Å²) in [7, 11) is 0. The zero-order chi connectivity index (χ0) is 26.0. The highest BCUT2D eigenvalue weighted by Gasteiger charge is 2.38. The van der Waals surface area contributed by atoms with E-state index in [4.69, 9.17) is 10.5 Å². The molecule has 0 aliphatic carbocycles. The molecule has 36 heavy (non-hydrogen) atoms. The zero-order valence-corrected chi connectivity index (χ0v) is 21.9. The Morgan fingerprint density at radius 3 is 1.67 bits per heavy atom. The van der Waals surface area contributed by atoms with Gasteiger partial charge in [-0.05, 0) is 37.5 Å². The van der Waals surface area contributed by atoms with E-state index in [1.165, 1.54) is 0 Å². The summed E-state index contributed by atoms with van der Waals surface area (Å²) in [6, 6.07) is 29.8. The third-order valence-electron chi connectivity index (χ3n) is 5.46. The van der Waals surface area contributed by atoms with Crippen LogP contribution in [0.1, 0.15) is 37.5 Å². The third kappa shape index (κ3) is 7.12. The topological polar surface area (TPSA) is 93.4 Å². The normalized spacial score (nSPS) is 12.4. The van der Waals surface area contributed by atoms with Crippen LogP contribution in [0.2, 0.25) is 0 Å². The van der Waals surface area contributed by atoms with Crippen LogP contribution in [0.25, 0.3) is 0 Å². The Labute approximate surface area is 218 Å². The predicted octanol–water partition coefficient (Wildman–Crippen LogP) is 4.68. The number of rotatable bonds is 10. The fourth-order valence-electron chi connectivity index (χ4n) is 3.93. The van der Waals surface area contributed by atoms with Gasteiger partial charge in [0, 0.05) is 18.8 Å². The van der Waals surface area contributed by atoms with Gasteiger partial charge >= 0.3 is 6.09 Å². The van der Waals surface area contributed by atoms with Gasteiger partial charge in [-0.3, -0.25) is 4.79 Å². The van der Waals surface area contributed by atoms with Crippen LogP contribution < -0.4 is 16.4 Å².